The summed E-state index contributed by atoms with van der Waals surface area (Å²) in [6, 6.07) is 10.4. The molecule has 1 unspecified atom stereocenters. The molecule has 0 aliphatic carbocycles. The van der Waals surface area contributed by atoms with Crippen LogP contribution in [0.1, 0.15) is 19.3 Å². The van der Waals surface area contributed by atoms with E-state index >= 15 is 0 Å². The van der Waals surface area contributed by atoms with Gasteiger partial charge >= 0.3 is 0 Å². The standard InChI is InChI=1S/C20H20ClFN2O2S/c21-14-4-9-18-19(11-14)24(12-16-3-1-2-10-23-16)13-20(18)27(25,26)17-7-5-15(22)6-8-17/h4-9,11,13,16,23H,1-3,10,12H2. The minimum atomic E-state index is -3.77. The van der Waals surface area contributed by atoms with Gasteiger partial charge in [0.25, 0.3) is 0 Å². The Labute approximate surface area is 162 Å². The number of hydrogen-bond donors (Lipinski definition) is 1. The van der Waals surface area contributed by atoms with Crippen LogP contribution in [0.5, 0.6) is 0 Å². The highest BCUT2D eigenvalue weighted by Gasteiger charge is 2.25. The monoisotopic (exact) mass is 406 g/mol. The van der Waals surface area contributed by atoms with Crippen LogP contribution in [0.15, 0.2) is 58.5 Å². The third-order valence-corrected chi connectivity index (χ3v) is 7.08. The highest BCUT2D eigenvalue weighted by atomic mass is 35.5. The summed E-state index contributed by atoms with van der Waals surface area (Å²) in [6.07, 6.45) is 5.06. The van der Waals surface area contributed by atoms with Crippen LogP contribution < -0.4 is 5.32 Å². The van der Waals surface area contributed by atoms with Crippen molar-refractivity contribution in [3.63, 3.8) is 0 Å². The fourth-order valence-corrected chi connectivity index (χ4v) is 5.30. The van der Waals surface area contributed by atoms with Crippen LogP contribution in [-0.4, -0.2) is 25.6 Å². The van der Waals surface area contributed by atoms with Gasteiger partial charge < -0.3 is 9.88 Å². The number of fused-ring (bicyclic) bond motifs is 1. The molecular formula is C20H20ClFN2O2S. The molecule has 4 nitrogen and oxygen atoms in total. The molecule has 27 heavy (non-hydrogen) atoms. The molecule has 0 saturated carbocycles. The number of hydrogen-bond acceptors (Lipinski definition) is 3. The van der Waals surface area contributed by atoms with E-state index < -0.39 is 15.7 Å². The lowest BCUT2D eigenvalue weighted by Crippen LogP contribution is -2.37. The smallest absolute Gasteiger partial charge is 0.208 e. The van der Waals surface area contributed by atoms with Crippen molar-refractivity contribution in [1.29, 1.82) is 0 Å². The second-order valence-electron chi connectivity index (χ2n) is 6.91. The summed E-state index contributed by atoms with van der Waals surface area (Å²) in [5, 5.41) is 4.67. The zero-order chi connectivity index (χ0) is 19.0. The number of nitrogens with one attached hydrogen (secondary N) is 1. The Bertz CT molecular complexity index is 1070. The van der Waals surface area contributed by atoms with Gasteiger partial charge in [-0.2, -0.15) is 0 Å². The molecule has 1 aliphatic rings. The first-order chi connectivity index (χ1) is 12.9. The molecule has 1 aliphatic heterocycles. The Morgan fingerprint density at radius 1 is 1.15 bits per heavy atom. The molecule has 0 bridgehead atoms. The van der Waals surface area contributed by atoms with Crippen molar-refractivity contribution in [2.75, 3.05) is 6.54 Å². The molecular weight excluding hydrogens is 387 g/mol. The first-order valence-corrected chi connectivity index (χ1v) is 10.8. The average Bonchev–Trinajstić information content (AvgIpc) is 3.01. The van der Waals surface area contributed by atoms with E-state index in [0.717, 1.165) is 30.6 Å². The Morgan fingerprint density at radius 2 is 1.93 bits per heavy atom. The lowest BCUT2D eigenvalue weighted by atomic mass is 10.1. The van der Waals surface area contributed by atoms with Gasteiger partial charge in [0.15, 0.2) is 0 Å². The van der Waals surface area contributed by atoms with Crippen LogP contribution in [0, 0.1) is 5.82 Å². The van der Waals surface area contributed by atoms with Gasteiger partial charge in [0.1, 0.15) is 5.82 Å². The van der Waals surface area contributed by atoms with Crippen molar-refractivity contribution in [3.8, 4) is 0 Å². The van der Waals surface area contributed by atoms with Gasteiger partial charge in [0, 0.05) is 29.2 Å². The van der Waals surface area contributed by atoms with E-state index in [1.54, 1.807) is 24.4 Å². The first kappa shape index (κ1) is 18.5. The summed E-state index contributed by atoms with van der Waals surface area (Å²) < 4.78 is 41.5. The van der Waals surface area contributed by atoms with Gasteiger partial charge in [0.05, 0.1) is 15.3 Å². The number of sulfone groups is 1. The molecule has 142 valence electrons. The molecule has 1 saturated heterocycles. The van der Waals surface area contributed by atoms with Crippen molar-refractivity contribution in [2.45, 2.75) is 41.6 Å². The van der Waals surface area contributed by atoms with E-state index in [9.17, 15) is 12.8 Å². The molecule has 2 aromatic carbocycles. The molecule has 1 atom stereocenters. The molecule has 2 heterocycles. The zero-order valence-corrected chi connectivity index (χ0v) is 16.2. The van der Waals surface area contributed by atoms with Crippen LogP contribution >= 0.6 is 11.6 Å². The maximum absolute atomic E-state index is 13.2. The predicted molar refractivity (Wildman–Crippen MR) is 104 cm³/mol. The van der Waals surface area contributed by atoms with Gasteiger partial charge in [-0.05, 0) is 55.8 Å². The number of halogens is 2. The summed E-state index contributed by atoms with van der Waals surface area (Å²) >= 11 is 6.17. The minimum absolute atomic E-state index is 0.0775. The lowest BCUT2D eigenvalue weighted by Gasteiger charge is -2.24. The van der Waals surface area contributed by atoms with E-state index in [0.29, 0.717) is 23.0 Å². The largest absolute Gasteiger partial charge is 0.345 e. The predicted octanol–water partition coefficient (Wildman–Crippen LogP) is 4.41. The fourth-order valence-electron chi connectivity index (χ4n) is 3.65. The van der Waals surface area contributed by atoms with Crippen LogP contribution in [-0.2, 0) is 16.4 Å². The van der Waals surface area contributed by atoms with Crippen LogP contribution in [0.4, 0.5) is 4.39 Å². The van der Waals surface area contributed by atoms with Gasteiger partial charge in [-0.25, -0.2) is 12.8 Å². The van der Waals surface area contributed by atoms with Crippen molar-refractivity contribution in [3.05, 3.63) is 59.5 Å². The summed E-state index contributed by atoms with van der Waals surface area (Å²) in [6.45, 7) is 1.65. The molecule has 4 rings (SSSR count). The third kappa shape index (κ3) is 3.61. The van der Waals surface area contributed by atoms with E-state index in [1.165, 1.54) is 25.0 Å². The van der Waals surface area contributed by atoms with Crippen LogP contribution in [0.25, 0.3) is 10.9 Å². The number of piperidine rings is 1. The van der Waals surface area contributed by atoms with Gasteiger partial charge in [0.2, 0.25) is 9.84 Å². The molecule has 0 amide bonds. The number of benzene rings is 2. The first-order valence-electron chi connectivity index (χ1n) is 8.97. The topological polar surface area (TPSA) is 51.1 Å². The zero-order valence-electron chi connectivity index (χ0n) is 14.7. The minimum Gasteiger partial charge on any atom is -0.345 e. The maximum atomic E-state index is 13.2. The molecule has 3 aromatic rings. The van der Waals surface area contributed by atoms with Crippen molar-refractivity contribution in [2.24, 2.45) is 0 Å². The van der Waals surface area contributed by atoms with Crippen LogP contribution in [0.3, 0.4) is 0 Å². The SMILES string of the molecule is O=S(=O)(c1ccc(F)cc1)c1cn(CC2CCCCN2)c2cc(Cl)ccc12. The summed E-state index contributed by atoms with van der Waals surface area (Å²) in [4.78, 5) is 0.297. The summed E-state index contributed by atoms with van der Waals surface area (Å²) in [5.41, 5.74) is 0.788. The third-order valence-electron chi connectivity index (χ3n) is 5.05. The second-order valence-corrected chi connectivity index (χ2v) is 9.27. The normalized spacial score (nSPS) is 18.1. The molecule has 1 N–H and O–H groups in total. The van der Waals surface area contributed by atoms with Crippen molar-refractivity contribution < 1.29 is 12.8 Å². The van der Waals surface area contributed by atoms with Gasteiger partial charge in [-0.3, -0.25) is 0 Å². The Morgan fingerprint density at radius 3 is 2.63 bits per heavy atom. The summed E-state index contributed by atoms with van der Waals surface area (Å²) in [5.74, 6) is -0.466. The Kier molecular flexibility index (Phi) is 4.97. The van der Waals surface area contributed by atoms with E-state index in [1.807, 2.05) is 4.57 Å². The second kappa shape index (κ2) is 7.26. The Hall–Kier alpha value is -1.89. The number of nitrogens with zero attached hydrogens (tertiary/aromatic N) is 1. The van der Waals surface area contributed by atoms with Crippen molar-refractivity contribution >= 4 is 32.3 Å². The quantitative estimate of drug-likeness (QED) is 0.653. The molecule has 0 radical (unpaired) electrons. The summed E-state index contributed by atoms with van der Waals surface area (Å²) in [7, 11) is -3.77. The fraction of sp³-hybridized carbons (Fsp3) is 0.300. The Balaban J connectivity index is 1.82. The average molecular weight is 407 g/mol. The van der Waals surface area contributed by atoms with Crippen LogP contribution in [0.2, 0.25) is 5.02 Å². The van der Waals surface area contributed by atoms with Crippen molar-refractivity contribution in [1.82, 2.24) is 9.88 Å². The maximum Gasteiger partial charge on any atom is 0.208 e. The number of aromatic nitrogens is 1. The van der Waals surface area contributed by atoms with E-state index in [2.05, 4.69) is 5.32 Å². The highest BCUT2D eigenvalue weighted by Crippen LogP contribution is 2.32. The highest BCUT2D eigenvalue weighted by molar-refractivity contribution is 7.91. The van der Waals surface area contributed by atoms with E-state index in [4.69, 9.17) is 11.6 Å². The molecule has 7 heteroatoms. The lowest BCUT2D eigenvalue weighted by molar-refractivity contribution is 0.366. The molecule has 1 aromatic heterocycles. The number of rotatable bonds is 4. The molecule has 1 fully saturated rings. The van der Waals surface area contributed by atoms with E-state index in [-0.39, 0.29) is 9.79 Å². The molecule has 0 spiro atoms. The van der Waals surface area contributed by atoms with Gasteiger partial charge in [-0.1, -0.05) is 24.1 Å². The van der Waals surface area contributed by atoms with Gasteiger partial charge in [-0.15, -0.1) is 0 Å².